The third kappa shape index (κ3) is 3.03. The minimum Gasteiger partial charge on any atom is -0.377 e. The summed E-state index contributed by atoms with van der Waals surface area (Å²) in [4.78, 5) is 4.00. The molecule has 2 aromatic heterocycles. The molecule has 0 unspecified atom stereocenters. The lowest BCUT2D eigenvalue weighted by atomic mass is 10.1. The number of hydrogen-bond donors (Lipinski definition) is 1. The number of nitrogens with zero attached hydrogens (tertiary/aromatic N) is 3. The fraction of sp³-hybridized carbons (Fsp3) is 0.333. The van der Waals surface area contributed by atoms with Gasteiger partial charge in [-0.05, 0) is 12.1 Å². The molecule has 2 rings (SSSR count). The number of aromatic nitrogens is 3. The minimum atomic E-state index is -2.84. The molecule has 96 valence electrons. The Kier molecular flexibility index (Phi) is 3.27. The molecule has 0 atom stereocenters. The van der Waals surface area contributed by atoms with E-state index in [4.69, 9.17) is 0 Å². The normalized spacial score (nSPS) is 11.6. The van der Waals surface area contributed by atoms with Crippen LogP contribution in [0.4, 0.5) is 14.5 Å². The van der Waals surface area contributed by atoms with Crippen LogP contribution in [0.15, 0.2) is 30.7 Å². The highest BCUT2D eigenvalue weighted by atomic mass is 19.3. The van der Waals surface area contributed by atoms with E-state index in [1.807, 2.05) is 13.2 Å². The number of anilines is 1. The molecule has 2 aromatic rings. The minimum absolute atomic E-state index is 0.0763. The molecule has 0 spiro atoms. The summed E-state index contributed by atoms with van der Waals surface area (Å²) in [5.74, 6) is -2.84. The van der Waals surface area contributed by atoms with Gasteiger partial charge in [0, 0.05) is 31.9 Å². The first-order valence-corrected chi connectivity index (χ1v) is 5.51. The van der Waals surface area contributed by atoms with E-state index in [0.29, 0.717) is 12.2 Å². The summed E-state index contributed by atoms with van der Waals surface area (Å²) in [5, 5.41) is 7.12. The molecule has 0 aromatic carbocycles. The van der Waals surface area contributed by atoms with Crippen LogP contribution in [-0.4, -0.2) is 14.8 Å². The number of nitrogens with one attached hydrogen (secondary N) is 1. The Morgan fingerprint density at radius 2 is 2.11 bits per heavy atom. The lowest BCUT2D eigenvalue weighted by Crippen LogP contribution is -2.08. The maximum absolute atomic E-state index is 13.0. The lowest BCUT2D eigenvalue weighted by molar-refractivity contribution is 0.0171. The van der Waals surface area contributed by atoms with Crippen LogP contribution in [0.1, 0.15) is 18.2 Å². The van der Waals surface area contributed by atoms with E-state index in [1.165, 1.54) is 12.3 Å². The average molecular weight is 252 g/mol. The van der Waals surface area contributed by atoms with Gasteiger partial charge in [0.2, 0.25) is 0 Å². The van der Waals surface area contributed by atoms with Gasteiger partial charge in [-0.3, -0.25) is 9.67 Å². The molecule has 0 radical (unpaired) electrons. The molecule has 4 nitrogen and oxygen atoms in total. The number of alkyl halides is 2. The second-order valence-electron chi connectivity index (χ2n) is 4.18. The van der Waals surface area contributed by atoms with Crippen molar-refractivity contribution in [3.63, 3.8) is 0 Å². The summed E-state index contributed by atoms with van der Waals surface area (Å²) in [6, 6.07) is 2.99. The molecule has 0 amide bonds. The van der Waals surface area contributed by atoms with Crippen molar-refractivity contribution in [3.8, 4) is 0 Å². The zero-order valence-electron chi connectivity index (χ0n) is 10.2. The van der Waals surface area contributed by atoms with Crippen LogP contribution >= 0.6 is 0 Å². The highest BCUT2D eigenvalue weighted by Crippen LogP contribution is 2.25. The van der Waals surface area contributed by atoms with Gasteiger partial charge < -0.3 is 5.32 Å². The van der Waals surface area contributed by atoms with E-state index in [9.17, 15) is 8.78 Å². The Balaban J connectivity index is 1.98. The smallest absolute Gasteiger partial charge is 0.272 e. The quantitative estimate of drug-likeness (QED) is 0.909. The second-order valence-corrected chi connectivity index (χ2v) is 4.18. The van der Waals surface area contributed by atoms with Crippen molar-refractivity contribution < 1.29 is 8.78 Å². The molecule has 0 aliphatic carbocycles. The second kappa shape index (κ2) is 4.72. The van der Waals surface area contributed by atoms with Gasteiger partial charge in [0.1, 0.15) is 0 Å². The lowest BCUT2D eigenvalue weighted by Gasteiger charge is -2.10. The molecule has 6 heteroatoms. The first kappa shape index (κ1) is 12.5. The molecule has 0 saturated heterocycles. The number of aryl methyl sites for hydroxylation is 1. The molecule has 0 aliphatic rings. The molecule has 0 aliphatic heterocycles. The van der Waals surface area contributed by atoms with Gasteiger partial charge >= 0.3 is 0 Å². The van der Waals surface area contributed by atoms with Crippen molar-refractivity contribution in [3.05, 3.63) is 42.0 Å². The van der Waals surface area contributed by atoms with Gasteiger partial charge in [-0.2, -0.15) is 5.10 Å². The summed E-state index contributed by atoms with van der Waals surface area (Å²) in [7, 11) is 1.82. The Morgan fingerprint density at radius 3 is 2.61 bits per heavy atom. The van der Waals surface area contributed by atoms with Crippen LogP contribution in [0.2, 0.25) is 0 Å². The highest BCUT2D eigenvalue weighted by molar-refractivity contribution is 5.38. The van der Waals surface area contributed by atoms with Crippen molar-refractivity contribution >= 4 is 5.69 Å². The van der Waals surface area contributed by atoms with Crippen molar-refractivity contribution in [2.75, 3.05) is 5.32 Å². The van der Waals surface area contributed by atoms with Crippen molar-refractivity contribution in [2.45, 2.75) is 19.4 Å². The maximum atomic E-state index is 13.0. The summed E-state index contributed by atoms with van der Waals surface area (Å²) < 4.78 is 27.6. The third-order valence-corrected chi connectivity index (χ3v) is 2.51. The highest BCUT2D eigenvalue weighted by Gasteiger charge is 2.24. The Hall–Kier alpha value is -1.98. The Morgan fingerprint density at radius 1 is 1.33 bits per heavy atom. The summed E-state index contributed by atoms with van der Waals surface area (Å²) >= 11 is 0. The Labute approximate surface area is 104 Å². The molecule has 2 heterocycles. The van der Waals surface area contributed by atoms with Gasteiger partial charge in [0.25, 0.3) is 5.92 Å². The van der Waals surface area contributed by atoms with E-state index in [1.54, 1.807) is 16.9 Å². The van der Waals surface area contributed by atoms with E-state index >= 15 is 0 Å². The predicted molar refractivity (Wildman–Crippen MR) is 64.3 cm³/mol. The van der Waals surface area contributed by atoms with Crippen LogP contribution in [0.25, 0.3) is 0 Å². The van der Waals surface area contributed by atoms with Crippen LogP contribution in [-0.2, 0) is 19.5 Å². The topological polar surface area (TPSA) is 42.7 Å². The molecule has 0 bridgehead atoms. The van der Waals surface area contributed by atoms with E-state index in [0.717, 1.165) is 12.6 Å². The monoisotopic (exact) mass is 252 g/mol. The van der Waals surface area contributed by atoms with Gasteiger partial charge in [0.15, 0.2) is 0 Å². The van der Waals surface area contributed by atoms with Crippen LogP contribution in [0, 0.1) is 0 Å². The standard InChI is InChI=1S/C12H14F2N4/c1-12(13,14)9-3-4-10(15-5-9)6-16-11-7-17-18(2)8-11/h3-5,7-8,16H,6H2,1-2H3. The fourth-order valence-electron chi connectivity index (χ4n) is 1.49. The van der Waals surface area contributed by atoms with Crippen LogP contribution in [0.3, 0.4) is 0 Å². The number of halogens is 2. The summed E-state index contributed by atoms with van der Waals surface area (Å²) in [5.41, 5.74) is 1.49. The largest absolute Gasteiger partial charge is 0.377 e. The third-order valence-electron chi connectivity index (χ3n) is 2.51. The summed E-state index contributed by atoms with van der Waals surface area (Å²) in [6.07, 6.45) is 4.73. The molecular formula is C12H14F2N4. The first-order chi connectivity index (χ1) is 8.45. The number of hydrogen-bond acceptors (Lipinski definition) is 3. The predicted octanol–water partition coefficient (Wildman–Crippen LogP) is 2.54. The van der Waals surface area contributed by atoms with Crippen LogP contribution < -0.4 is 5.32 Å². The first-order valence-electron chi connectivity index (χ1n) is 5.51. The van der Waals surface area contributed by atoms with Gasteiger partial charge in [-0.1, -0.05) is 0 Å². The zero-order chi connectivity index (χ0) is 13.2. The van der Waals surface area contributed by atoms with Gasteiger partial charge in [-0.15, -0.1) is 0 Å². The van der Waals surface area contributed by atoms with Crippen molar-refractivity contribution in [2.24, 2.45) is 7.05 Å². The summed E-state index contributed by atoms with van der Waals surface area (Å²) in [6.45, 7) is 1.33. The molecule has 1 N–H and O–H groups in total. The molecular weight excluding hydrogens is 238 g/mol. The molecule has 18 heavy (non-hydrogen) atoms. The van der Waals surface area contributed by atoms with E-state index < -0.39 is 5.92 Å². The van der Waals surface area contributed by atoms with Gasteiger partial charge in [-0.25, -0.2) is 8.78 Å². The zero-order valence-corrected chi connectivity index (χ0v) is 10.2. The van der Waals surface area contributed by atoms with Gasteiger partial charge in [0.05, 0.1) is 24.1 Å². The van der Waals surface area contributed by atoms with Crippen molar-refractivity contribution in [1.82, 2.24) is 14.8 Å². The fourth-order valence-corrected chi connectivity index (χ4v) is 1.49. The maximum Gasteiger partial charge on any atom is 0.272 e. The SMILES string of the molecule is Cn1cc(NCc2ccc(C(C)(F)F)cn2)cn1. The van der Waals surface area contributed by atoms with Crippen molar-refractivity contribution in [1.29, 1.82) is 0 Å². The van der Waals surface area contributed by atoms with E-state index in [2.05, 4.69) is 15.4 Å². The number of rotatable bonds is 4. The molecule has 0 fully saturated rings. The van der Waals surface area contributed by atoms with E-state index in [-0.39, 0.29) is 5.56 Å². The molecule has 0 saturated carbocycles. The number of pyridine rings is 1. The Bertz CT molecular complexity index is 514. The van der Waals surface area contributed by atoms with Crippen LogP contribution in [0.5, 0.6) is 0 Å². The average Bonchev–Trinajstić information content (AvgIpc) is 2.72.